The van der Waals surface area contributed by atoms with Crippen molar-refractivity contribution in [2.75, 3.05) is 14.2 Å². The van der Waals surface area contributed by atoms with E-state index in [2.05, 4.69) is 0 Å². The Bertz CT molecular complexity index is 1200. The SMILES string of the molecule is COc1cc([C@@H](O)[C@@H](CC2Cc3cccc(F)c3C2)Cn2ccc(CCC(=O)O)c2)cc(OC)c1C. The number of hydrogen-bond acceptors (Lipinski definition) is 4. The Morgan fingerprint density at radius 2 is 1.89 bits per heavy atom. The molecule has 1 unspecified atom stereocenters. The minimum Gasteiger partial charge on any atom is -0.496 e. The summed E-state index contributed by atoms with van der Waals surface area (Å²) in [5.74, 6) is 0.362. The number of carbonyl (C=O) groups is 1. The zero-order valence-electron chi connectivity index (χ0n) is 21.0. The quantitative estimate of drug-likeness (QED) is 0.386. The molecule has 192 valence electrons. The number of aliphatic hydroxyl groups excluding tert-OH is 1. The molecule has 7 heteroatoms. The lowest BCUT2D eigenvalue weighted by Gasteiger charge is -2.27. The summed E-state index contributed by atoms with van der Waals surface area (Å²) < 4.78 is 27.5. The molecule has 0 saturated carbocycles. The normalized spacial score (nSPS) is 16.4. The maximum atomic E-state index is 14.4. The van der Waals surface area contributed by atoms with Crippen LogP contribution < -0.4 is 9.47 Å². The third-order valence-electron chi connectivity index (χ3n) is 7.30. The van der Waals surface area contributed by atoms with E-state index in [-0.39, 0.29) is 24.1 Å². The van der Waals surface area contributed by atoms with Gasteiger partial charge in [-0.15, -0.1) is 0 Å². The van der Waals surface area contributed by atoms with Gasteiger partial charge in [-0.05, 0) is 85.0 Å². The second kappa shape index (κ2) is 11.2. The average molecular weight is 496 g/mol. The summed E-state index contributed by atoms with van der Waals surface area (Å²) in [6, 6.07) is 10.9. The molecule has 6 nitrogen and oxygen atoms in total. The molecular weight excluding hydrogens is 461 g/mol. The molecule has 2 aromatic carbocycles. The molecule has 1 aliphatic carbocycles. The van der Waals surface area contributed by atoms with Gasteiger partial charge in [0.15, 0.2) is 0 Å². The molecule has 0 bridgehead atoms. The van der Waals surface area contributed by atoms with Gasteiger partial charge in [-0.25, -0.2) is 4.39 Å². The molecular formula is C29H34FNO5. The van der Waals surface area contributed by atoms with Gasteiger partial charge in [0.25, 0.3) is 0 Å². The second-order valence-electron chi connectivity index (χ2n) is 9.75. The number of benzene rings is 2. The minimum absolute atomic E-state index is 0.0743. The van der Waals surface area contributed by atoms with E-state index >= 15 is 0 Å². The van der Waals surface area contributed by atoms with Crippen LogP contribution in [0.2, 0.25) is 0 Å². The van der Waals surface area contributed by atoms with Crippen LogP contribution in [0, 0.1) is 24.6 Å². The number of carboxylic acid groups (broad SMARTS) is 1. The van der Waals surface area contributed by atoms with Gasteiger partial charge in [0.2, 0.25) is 0 Å². The first-order valence-electron chi connectivity index (χ1n) is 12.3. The number of hydrogen-bond donors (Lipinski definition) is 2. The molecule has 1 aromatic heterocycles. The van der Waals surface area contributed by atoms with Crippen LogP contribution in [0.4, 0.5) is 4.39 Å². The van der Waals surface area contributed by atoms with Crippen LogP contribution in [0.25, 0.3) is 0 Å². The van der Waals surface area contributed by atoms with Gasteiger partial charge in [-0.3, -0.25) is 4.79 Å². The summed E-state index contributed by atoms with van der Waals surface area (Å²) >= 11 is 0. The predicted octanol–water partition coefficient (Wildman–Crippen LogP) is 5.12. The van der Waals surface area contributed by atoms with E-state index in [0.717, 1.165) is 28.7 Å². The number of aliphatic hydroxyl groups is 1. The lowest BCUT2D eigenvalue weighted by molar-refractivity contribution is -0.136. The molecule has 0 fully saturated rings. The molecule has 36 heavy (non-hydrogen) atoms. The van der Waals surface area contributed by atoms with Gasteiger partial charge in [0.05, 0.1) is 20.3 Å². The number of aromatic nitrogens is 1. The zero-order chi connectivity index (χ0) is 25.8. The highest BCUT2D eigenvalue weighted by atomic mass is 19.1. The largest absolute Gasteiger partial charge is 0.496 e. The van der Waals surface area contributed by atoms with Crippen LogP contribution in [0.5, 0.6) is 11.5 Å². The molecule has 3 aromatic rings. The lowest BCUT2D eigenvalue weighted by atomic mass is 9.85. The molecule has 0 saturated heterocycles. The van der Waals surface area contributed by atoms with Crippen molar-refractivity contribution in [2.45, 2.75) is 51.7 Å². The van der Waals surface area contributed by atoms with Crippen molar-refractivity contribution in [3.8, 4) is 11.5 Å². The Balaban J connectivity index is 1.59. The lowest BCUT2D eigenvalue weighted by Crippen LogP contribution is -2.22. The fourth-order valence-corrected chi connectivity index (χ4v) is 5.42. The molecule has 1 aliphatic rings. The van der Waals surface area contributed by atoms with E-state index < -0.39 is 12.1 Å². The first-order valence-corrected chi connectivity index (χ1v) is 12.3. The van der Waals surface area contributed by atoms with E-state index in [1.54, 1.807) is 20.3 Å². The second-order valence-corrected chi connectivity index (χ2v) is 9.75. The fraction of sp³-hybridized carbons (Fsp3) is 0.414. The fourth-order valence-electron chi connectivity index (χ4n) is 5.42. The molecule has 1 heterocycles. The molecule has 2 N–H and O–H groups in total. The predicted molar refractivity (Wildman–Crippen MR) is 135 cm³/mol. The van der Waals surface area contributed by atoms with Crippen molar-refractivity contribution in [3.05, 3.63) is 82.4 Å². The molecule has 0 amide bonds. The van der Waals surface area contributed by atoms with E-state index in [1.807, 2.05) is 48.1 Å². The van der Waals surface area contributed by atoms with Crippen LogP contribution >= 0.6 is 0 Å². The highest BCUT2D eigenvalue weighted by Gasteiger charge is 2.31. The van der Waals surface area contributed by atoms with E-state index in [9.17, 15) is 14.3 Å². The van der Waals surface area contributed by atoms with Crippen molar-refractivity contribution >= 4 is 5.97 Å². The number of fused-ring (bicyclic) bond motifs is 1. The summed E-state index contributed by atoms with van der Waals surface area (Å²) in [6.07, 6.45) is 5.75. The molecule has 0 aliphatic heterocycles. The van der Waals surface area contributed by atoms with Crippen molar-refractivity contribution in [1.29, 1.82) is 0 Å². The van der Waals surface area contributed by atoms with Crippen LogP contribution in [0.3, 0.4) is 0 Å². The summed E-state index contributed by atoms with van der Waals surface area (Å²) in [7, 11) is 3.19. The topological polar surface area (TPSA) is 80.9 Å². The highest BCUT2D eigenvalue weighted by molar-refractivity contribution is 5.67. The number of methoxy groups -OCH3 is 2. The van der Waals surface area contributed by atoms with Crippen LogP contribution in [0.15, 0.2) is 48.8 Å². The number of carboxylic acids is 1. The van der Waals surface area contributed by atoms with E-state index in [0.29, 0.717) is 42.9 Å². The highest BCUT2D eigenvalue weighted by Crippen LogP contribution is 2.39. The summed E-state index contributed by atoms with van der Waals surface area (Å²) in [6.45, 7) is 2.45. The third-order valence-corrected chi connectivity index (χ3v) is 7.30. The zero-order valence-corrected chi connectivity index (χ0v) is 21.0. The Morgan fingerprint density at radius 3 is 2.53 bits per heavy atom. The molecule has 0 radical (unpaired) electrons. The Morgan fingerprint density at radius 1 is 1.17 bits per heavy atom. The molecule has 0 spiro atoms. The summed E-state index contributed by atoms with van der Waals surface area (Å²) in [5.41, 5.74) is 4.34. The summed E-state index contributed by atoms with van der Waals surface area (Å²) in [5, 5.41) is 20.6. The van der Waals surface area contributed by atoms with Gasteiger partial charge in [0, 0.05) is 36.8 Å². The van der Waals surface area contributed by atoms with Crippen molar-refractivity contribution in [2.24, 2.45) is 11.8 Å². The van der Waals surface area contributed by atoms with Crippen LogP contribution in [0.1, 0.15) is 46.8 Å². The number of aliphatic carboxylic acids is 1. The van der Waals surface area contributed by atoms with Crippen LogP contribution in [-0.4, -0.2) is 35.0 Å². The third kappa shape index (κ3) is 5.73. The van der Waals surface area contributed by atoms with E-state index in [1.165, 1.54) is 6.07 Å². The minimum atomic E-state index is -0.827. The standard InChI is InChI=1S/C29H34FNO5/c1-18-26(35-2)14-22(15-27(18)36-3)29(34)23(17-31-10-9-19(16-31)7-8-28(32)33)12-20-11-21-5-4-6-25(30)24(21)13-20/h4-6,9-10,14-16,20,23,29,34H,7-8,11-13,17H2,1-3H3,(H,32,33)/t20?,23-,29+/m0/s1. The molecule has 3 atom stereocenters. The van der Waals surface area contributed by atoms with Crippen molar-refractivity contribution in [1.82, 2.24) is 4.57 Å². The van der Waals surface area contributed by atoms with Gasteiger partial charge in [-0.1, -0.05) is 12.1 Å². The number of nitrogens with zero attached hydrogens (tertiary/aromatic N) is 1. The van der Waals surface area contributed by atoms with Crippen molar-refractivity contribution < 1.29 is 28.9 Å². The maximum absolute atomic E-state index is 14.4. The number of aryl methyl sites for hydroxylation is 1. The van der Waals surface area contributed by atoms with Gasteiger partial charge < -0.3 is 24.3 Å². The first-order chi connectivity index (χ1) is 17.3. The average Bonchev–Trinajstić information content (AvgIpc) is 3.49. The Hall–Kier alpha value is -3.32. The van der Waals surface area contributed by atoms with Gasteiger partial charge in [0.1, 0.15) is 17.3 Å². The monoisotopic (exact) mass is 495 g/mol. The Kier molecular flexibility index (Phi) is 7.99. The number of ether oxygens (including phenoxy) is 2. The van der Waals surface area contributed by atoms with Crippen molar-refractivity contribution in [3.63, 3.8) is 0 Å². The number of halogens is 1. The van der Waals surface area contributed by atoms with E-state index in [4.69, 9.17) is 14.6 Å². The maximum Gasteiger partial charge on any atom is 0.303 e. The summed E-state index contributed by atoms with van der Waals surface area (Å²) in [4.78, 5) is 11.0. The number of rotatable bonds is 11. The van der Waals surface area contributed by atoms with Gasteiger partial charge >= 0.3 is 5.97 Å². The molecule has 4 rings (SSSR count). The smallest absolute Gasteiger partial charge is 0.303 e. The first kappa shape index (κ1) is 25.8. The Labute approximate surface area is 211 Å². The van der Waals surface area contributed by atoms with Crippen LogP contribution in [-0.2, 0) is 30.6 Å². The van der Waals surface area contributed by atoms with Gasteiger partial charge in [-0.2, -0.15) is 0 Å².